The van der Waals surface area contributed by atoms with Crippen LogP contribution >= 0.6 is 23.2 Å². The minimum absolute atomic E-state index is 0.202. The van der Waals surface area contributed by atoms with Gasteiger partial charge >= 0.3 is 5.69 Å². The van der Waals surface area contributed by atoms with Gasteiger partial charge in [-0.25, -0.2) is 9.48 Å². The molecule has 1 fully saturated rings. The maximum absolute atomic E-state index is 12.3. The molecule has 0 aliphatic heterocycles. The van der Waals surface area contributed by atoms with E-state index in [1.54, 1.807) is 30.5 Å². The van der Waals surface area contributed by atoms with E-state index in [4.69, 9.17) is 23.2 Å². The third-order valence-corrected chi connectivity index (χ3v) is 4.99. The number of pyridine rings is 1. The average Bonchev–Trinajstić information content (AvgIpc) is 3.12. The summed E-state index contributed by atoms with van der Waals surface area (Å²) in [6, 6.07) is 12.6. The third-order valence-electron chi connectivity index (χ3n) is 4.16. The van der Waals surface area contributed by atoms with Crippen LogP contribution in [0.5, 0.6) is 0 Å². The number of fused-ring (bicyclic) bond motifs is 1. The lowest BCUT2D eigenvalue weighted by Gasteiger charge is -2.07. The second kappa shape index (κ2) is 5.89. The Morgan fingerprint density at radius 3 is 2.80 bits per heavy atom. The van der Waals surface area contributed by atoms with Crippen LogP contribution in [0.4, 0.5) is 5.69 Å². The minimum Gasteiger partial charge on any atom is -0.326 e. The molecule has 0 spiro atoms. The van der Waals surface area contributed by atoms with E-state index in [9.17, 15) is 9.59 Å². The summed E-state index contributed by atoms with van der Waals surface area (Å²) in [5.74, 6) is -0.590. The first-order chi connectivity index (χ1) is 11.9. The summed E-state index contributed by atoms with van der Waals surface area (Å²) in [6.07, 6.45) is 2.14. The normalized spacial score (nSPS) is 18.2. The summed E-state index contributed by atoms with van der Waals surface area (Å²) in [5, 5.41) is 7.11. The average molecular weight is 377 g/mol. The number of hydrogen-bond donors (Lipinski definition) is 1. The van der Waals surface area contributed by atoms with Gasteiger partial charge in [0.25, 0.3) is 0 Å². The van der Waals surface area contributed by atoms with Gasteiger partial charge in [-0.2, -0.15) is 0 Å². The monoisotopic (exact) mass is 376 g/mol. The number of amides is 1. The van der Waals surface area contributed by atoms with Gasteiger partial charge in [0.15, 0.2) is 5.65 Å². The third kappa shape index (κ3) is 3.15. The van der Waals surface area contributed by atoms with Crippen molar-refractivity contribution < 1.29 is 4.79 Å². The van der Waals surface area contributed by atoms with Crippen LogP contribution in [0.3, 0.4) is 0 Å². The SMILES string of the molecule is O=C(Nc1cccc(Cn2nc3ccccn3c2=O)c1)C1CC1(Cl)Cl. The Balaban J connectivity index is 1.54. The second-order valence-corrected chi connectivity index (χ2v) is 7.62. The van der Waals surface area contributed by atoms with Crippen molar-refractivity contribution in [2.24, 2.45) is 5.92 Å². The zero-order chi connectivity index (χ0) is 17.6. The van der Waals surface area contributed by atoms with Crippen molar-refractivity contribution in [3.63, 3.8) is 0 Å². The standard InChI is InChI=1S/C17H14Cl2N4O2/c18-17(19)9-13(17)15(24)20-12-5-3-4-11(8-12)10-23-16(25)22-7-2-1-6-14(22)21-23/h1-8,13H,9-10H2,(H,20,24). The van der Waals surface area contributed by atoms with Crippen molar-refractivity contribution in [2.75, 3.05) is 5.32 Å². The molecule has 1 atom stereocenters. The Kier molecular flexibility index (Phi) is 3.81. The van der Waals surface area contributed by atoms with Gasteiger partial charge in [-0.05, 0) is 36.2 Å². The lowest BCUT2D eigenvalue weighted by molar-refractivity contribution is -0.117. The molecule has 2 heterocycles. The molecule has 8 heteroatoms. The molecule has 1 unspecified atom stereocenters. The van der Waals surface area contributed by atoms with Crippen molar-refractivity contribution in [3.05, 3.63) is 64.7 Å². The Hall–Kier alpha value is -2.31. The van der Waals surface area contributed by atoms with Gasteiger partial charge in [0.05, 0.1) is 12.5 Å². The fourth-order valence-electron chi connectivity index (χ4n) is 2.72. The lowest BCUT2D eigenvalue weighted by Crippen LogP contribution is -2.21. The van der Waals surface area contributed by atoms with Crippen LogP contribution in [0, 0.1) is 5.92 Å². The van der Waals surface area contributed by atoms with E-state index in [1.807, 2.05) is 18.2 Å². The molecule has 25 heavy (non-hydrogen) atoms. The van der Waals surface area contributed by atoms with Crippen molar-refractivity contribution in [1.29, 1.82) is 0 Å². The number of rotatable bonds is 4. The summed E-state index contributed by atoms with van der Waals surface area (Å²) in [7, 11) is 0. The quantitative estimate of drug-likeness (QED) is 0.711. The first-order valence-corrected chi connectivity index (χ1v) is 8.51. The fourth-order valence-corrected chi connectivity index (χ4v) is 3.23. The van der Waals surface area contributed by atoms with Crippen LogP contribution in [0.2, 0.25) is 0 Å². The van der Waals surface area contributed by atoms with E-state index < -0.39 is 4.33 Å². The summed E-state index contributed by atoms with van der Waals surface area (Å²) < 4.78 is 1.92. The molecule has 1 saturated carbocycles. The highest BCUT2D eigenvalue weighted by atomic mass is 35.5. The molecule has 1 N–H and O–H groups in total. The predicted octanol–water partition coefficient (Wildman–Crippen LogP) is 2.68. The number of anilines is 1. The summed E-state index contributed by atoms with van der Waals surface area (Å²) in [5.41, 5.74) is 1.86. The minimum atomic E-state index is -0.953. The predicted molar refractivity (Wildman–Crippen MR) is 96.2 cm³/mol. The molecule has 0 bridgehead atoms. The van der Waals surface area contributed by atoms with Crippen molar-refractivity contribution in [2.45, 2.75) is 17.3 Å². The van der Waals surface area contributed by atoms with Crippen LogP contribution in [-0.2, 0) is 11.3 Å². The van der Waals surface area contributed by atoms with Gasteiger partial charge in [0.2, 0.25) is 5.91 Å². The summed E-state index contributed by atoms with van der Waals surface area (Å²) >= 11 is 11.8. The van der Waals surface area contributed by atoms with E-state index in [0.29, 0.717) is 24.3 Å². The number of halogens is 2. The first-order valence-electron chi connectivity index (χ1n) is 7.76. The Labute approximate surface area is 153 Å². The van der Waals surface area contributed by atoms with Gasteiger partial charge in [0, 0.05) is 11.9 Å². The summed E-state index contributed by atoms with van der Waals surface area (Å²) in [4.78, 5) is 24.4. The highest BCUT2D eigenvalue weighted by molar-refractivity contribution is 6.52. The topological polar surface area (TPSA) is 68.4 Å². The van der Waals surface area contributed by atoms with Crippen molar-refractivity contribution in [1.82, 2.24) is 14.2 Å². The molecule has 1 aliphatic rings. The van der Waals surface area contributed by atoms with Gasteiger partial charge in [-0.15, -0.1) is 28.3 Å². The van der Waals surface area contributed by atoms with E-state index in [1.165, 1.54) is 9.08 Å². The molecule has 0 radical (unpaired) electrons. The molecular formula is C17H14Cl2N4O2. The number of carbonyl (C=O) groups excluding carboxylic acids is 1. The fraction of sp³-hybridized carbons (Fsp3) is 0.235. The molecule has 128 valence electrons. The number of aromatic nitrogens is 3. The van der Waals surface area contributed by atoms with E-state index >= 15 is 0 Å². The molecule has 0 saturated heterocycles. The maximum atomic E-state index is 12.3. The van der Waals surface area contributed by atoms with Crippen LogP contribution in [0.1, 0.15) is 12.0 Å². The largest absolute Gasteiger partial charge is 0.350 e. The maximum Gasteiger partial charge on any atom is 0.350 e. The van der Waals surface area contributed by atoms with Crippen molar-refractivity contribution >= 4 is 40.4 Å². The Bertz CT molecular complexity index is 1020. The van der Waals surface area contributed by atoms with Crippen molar-refractivity contribution in [3.8, 4) is 0 Å². The first kappa shape index (κ1) is 16.2. The zero-order valence-corrected chi connectivity index (χ0v) is 14.5. The highest BCUT2D eigenvalue weighted by Crippen LogP contribution is 2.53. The number of nitrogens with one attached hydrogen (secondary N) is 1. The lowest BCUT2D eigenvalue weighted by atomic mass is 10.2. The zero-order valence-electron chi connectivity index (χ0n) is 13.0. The van der Waals surface area contributed by atoms with Gasteiger partial charge < -0.3 is 5.32 Å². The molecule has 3 aromatic rings. The van der Waals surface area contributed by atoms with E-state index in [-0.39, 0.29) is 17.5 Å². The Morgan fingerprint density at radius 1 is 1.28 bits per heavy atom. The van der Waals surface area contributed by atoms with Crippen LogP contribution in [-0.4, -0.2) is 24.4 Å². The van der Waals surface area contributed by atoms with Gasteiger partial charge in [-0.3, -0.25) is 9.20 Å². The second-order valence-electron chi connectivity index (χ2n) is 6.08. The van der Waals surface area contributed by atoms with Crippen LogP contribution in [0.25, 0.3) is 5.65 Å². The number of alkyl halides is 2. The number of carbonyl (C=O) groups is 1. The molecule has 1 aromatic carbocycles. The van der Waals surface area contributed by atoms with Crippen LogP contribution < -0.4 is 11.0 Å². The molecule has 1 aliphatic carbocycles. The number of benzene rings is 1. The summed E-state index contributed by atoms with van der Waals surface area (Å²) in [6.45, 7) is 0.308. The highest BCUT2D eigenvalue weighted by Gasteiger charge is 2.56. The van der Waals surface area contributed by atoms with E-state index in [0.717, 1.165) is 5.56 Å². The molecular weight excluding hydrogens is 363 g/mol. The molecule has 4 rings (SSSR count). The molecule has 2 aromatic heterocycles. The van der Waals surface area contributed by atoms with Gasteiger partial charge in [-0.1, -0.05) is 18.2 Å². The van der Waals surface area contributed by atoms with E-state index in [2.05, 4.69) is 10.4 Å². The molecule has 6 nitrogen and oxygen atoms in total. The van der Waals surface area contributed by atoms with Gasteiger partial charge in [0.1, 0.15) is 4.33 Å². The molecule has 1 amide bonds. The number of hydrogen-bond acceptors (Lipinski definition) is 3. The number of nitrogens with zero attached hydrogens (tertiary/aromatic N) is 3. The Morgan fingerprint density at radius 2 is 2.08 bits per heavy atom. The van der Waals surface area contributed by atoms with Crippen LogP contribution in [0.15, 0.2) is 53.5 Å². The smallest absolute Gasteiger partial charge is 0.326 e.